The minimum atomic E-state index is -1.48. The first-order chi connectivity index (χ1) is 8.36. The van der Waals surface area contributed by atoms with Gasteiger partial charge in [0.1, 0.15) is 5.75 Å². The number of benzene rings is 1. The second-order valence-corrected chi connectivity index (χ2v) is 21.5. The molecule has 0 aliphatic carbocycles. The quantitative estimate of drug-likeness (QED) is 0.758. The average molecular weight is 281 g/mol. The van der Waals surface area contributed by atoms with Crippen molar-refractivity contribution in [1.29, 1.82) is 0 Å². The molecule has 0 aromatic heterocycles. The van der Waals surface area contributed by atoms with E-state index in [1.54, 1.807) is 7.11 Å². The molecular weight excluding hydrogens is 256 g/mol. The fourth-order valence-corrected chi connectivity index (χ4v) is 8.91. The summed E-state index contributed by atoms with van der Waals surface area (Å²) in [5, 5.41) is 0. The Bertz CT molecular complexity index is 412. The Hall–Kier alpha value is -0.586. The summed E-state index contributed by atoms with van der Waals surface area (Å²) in [5.41, 5.74) is 1.31. The summed E-state index contributed by atoms with van der Waals surface area (Å²) >= 11 is 0. The lowest BCUT2D eigenvalue weighted by atomic mass is 10.1. The SMILES string of the molecule is COc1ccc(C2CC[Si](C)(C)[Si](C)(C)O2)cc1. The summed E-state index contributed by atoms with van der Waals surface area (Å²) in [6.45, 7) is 9.77. The number of rotatable bonds is 2. The summed E-state index contributed by atoms with van der Waals surface area (Å²) in [4.78, 5) is 0. The largest absolute Gasteiger partial charge is 0.497 e. The molecule has 18 heavy (non-hydrogen) atoms. The predicted octanol–water partition coefficient (Wildman–Crippen LogP) is 4.15. The Morgan fingerprint density at radius 1 is 1.11 bits per heavy atom. The smallest absolute Gasteiger partial charge is 0.174 e. The van der Waals surface area contributed by atoms with Crippen LogP contribution in [-0.4, -0.2) is 22.5 Å². The molecule has 1 aromatic rings. The van der Waals surface area contributed by atoms with Crippen molar-refractivity contribution in [2.45, 2.75) is 44.8 Å². The van der Waals surface area contributed by atoms with Crippen LogP contribution in [0.3, 0.4) is 0 Å². The third kappa shape index (κ3) is 2.55. The van der Waals surface area contributed by atoms with Gasteiger partial charge in [0.2, 0.25) is 0 Å². The molecule has 2 rings (SSSR count). The molecule has 1 saturated heterocycles. The molecule has 0 spiro atoms. The highest BCUT2D eigenvalue weighted by Crippen LogP contribution is 2.40. The maximum atomic E-state index is 6.51. The molecule has 0 N–H and O–H groups in total. The van der Waals surface area contributed by atoms with Crippen LogP contribution in [-0.2, 0) is 4.43 Å². The molecule has 0 amide bonds. The van der Waals surface area contributed by atoms with Crippen LogP contribution in [0.25, 0.3) is 0 Å². The van der Waals surface area contributed by atoms with E-state index in [2.05, 4.69) is 38.3 Å². The molecule has 1 aliphatic heterocycles. The summed E-state index contributed by atoms with van der Waals surface area (Å²) in [5.74, 6) is 0.917. The van der Waals surface area contributed by atoms with Crippen molar-refractivity contribution in [3.63, 3.8) is 0 Å². The number of ether oxygens (including phenoxy) is 1. The van der Waals surface area contributed by atoms with Crippen LogP contribution in [0, 0.1) is 0 Å². The second-order valence-electron chi connectivity index (χ2n) is 6.31. The maximum absolute atomic E-state index is 6.51. The Morgan fingerprint density at radius 2 is 1.72 bits per heavy atom. The lowest BCUT2D eigenvalue weighted by molar-refractivity contribution is 0.189. The minimum Gasteiger partial charge on any atom is -0.497 e. The molecule has 1 unspecified atom stereocenters. The van der Waals surface area contributed by atoms with Gasteiger partial charge < -0.3 is 9.16 Å². The average Bonchev–Trinajstić information content (AvgIpc) is 2.33. The lowest BCUT2D eigenvalue weighted by Crippen LogP contribution is -2.60. The van der Waals surface area contributed by atoms with Crippen LogP contribution in [0.2, 0.25) is 32.2 Å². The topological polar surface area (TPSA) is 18.5 Å². The van der Waals surface area contributed by atoms with Crippen LogP contribution < -0.4 is 4.74 Å². The highest BCUT2D eigenvalue weighted by molar-refractivity contribution is 7.38. The Balaban J connectivity index is 2.16. The highest BCUT2D eigenvalue weighted by atomic mass is 29.3. The number of hydrogen-bond donors (Lipinski definition) is 0. The molecular formula is C14H24O2Si2. The van der Waals surface area contributed by atoms with Crippen molar-refractivity contribution in [3.8, 4) is 5.75 Å². The number of hydrogen-bond acceptors (Lipinski definition) is 2. The molecule has 1 aromatic carbocycles. The zero-order valence-corrected chi connectivity index (χ0v) is 14.1. The van der Waals surface area contributed by atoms with Gasteiger partial charge in [0.15, 0.2) is 7.83 Å². The first-order valence-electron chi connectivity index (χ1n) is 6.67. The van der Waals surface area contributed by atoms with E-state index in [9.17, 15) is 0 Å². The van der Waals surface area contributed by atoms with E-state index in [4.69, 9.17) is 9.16 Å². The molecule has 4 heteroatoms. The normalized spacial score (nSPS) is 25.7. The minimum absolute atomic E-state index is 0.304. The van der Waals surface area contributed by atoms with Crippen LogP contribution in [0.5, 0.6) is 5.75 Å². The van der Waals surface area contributed by atoms with Crippen LogP contribution >= 0.6 is 0 Å². The van der Waals surface area contributed by atoms with E-state index >= 15 is 0 Å². The van der Waals surface area contributed by atoms with Crippen LogP contribution in [0.1, 0.15) is 18.1 Å². The van der Waals surface area contributed by atoms with Crippen molar-refractivity contribution < 1.29 is 9.16 Å². The molecule has 2 nitrogen and oxygen atoms in total. The molecule has 0 bridgehead atoms. The van der Waals surface area contributed by atoms with E-state index in [0.717, 1.165) is 5.75 Å². The van der Waals surface area contributed by atoms with Crippen molar-refractivity contribution in [2.75, 3.05) is 7.11 Å². The third-order valence-corrected chi connectivity index (χ3v) is 21.1. The van der Waals surface area contributed by atoms with Gasteiger partial charge >= 0.3 is 0 Å². The fourth-order valence-electron chi connectivity index (χ4n) is 2.42. The summed E-state index contributed by atoms with van der Waals surface area (Å²) in [6, 6.07) is 9.75. The standard InChI is InChI=1S/C14H24O2Si2/c1-15-13-8-6-12(7-9-13)14-10-11-17(2,3)18(4,5)16-14/h6-9,14H,10-11H2,1-5H3. The van der Waals surface area contributed by atoms with Gasteiger partial charge in [0, 0.05) is 0 Å². The van der Waals surface area contributed by atoms with E-state index in [0.29, 0.717) is 6.10 Å². The van der Waals surface area contributed by atoms with Gasteiger partial charge in [-0.15, -0.1) is 0 Å². The lowest BCUT2D eigenvalue weighted by Gasteiger charge is -2.45. The Morgan fingerprint density at radius 3 is 2.22 bits per heavy atom. The van der Waals surface area contributed by atoms with Crippen LogP contribution in [0.4, 0.5) is 0 Å². The van der Waals surface area contributed by atoms with Gasteiger partial charge in [-0.2, -0.15) is 0 Å². The van der Waals surface area contributed by atoms with Gasteiger partial charge in [0.05, 0.1) is 20.8 Å². The van der Waals surface area contributed by atoms with E-state index in [1.807, 2.05) is 12.1 Å². The zero-order chi connectivity index (χ0) is 13.4. The Labute approximate surface area is 112 Å². The van der Waals surface area contributed by atoms with Gasteiger partial charge in [-0.1, -0.05) is 31.3 Å². The first-order valence-corrected chi connectivity index (χ1v) is 13.8. The summed E-state index contributed by atoms with van der Waals surface area (Å²) in [6.07, 6.45) is 1.49. The van der Waals surface area contributed by atoms with E-state index < -0.39 is 15.4 Å². The summed E-state index contributed by atoms with van der Waals surface area (Å²) in [7, 11) is -0.892. The van der Waals surface area contributed by atoms with E-state index in [1.165, 1.54) is 18.0 Å². The highest BCUT2D eigenvalue weighted by Gasteiger charge is 2.47. The van der Waals surface area contributed by atoms with E-state index in [-0.39, 0.29) is 0 Å². The molecule has 1 atom stereocenters. The van der Waals surface area contributed by atoms with Crippen LogP contribution in [0.15, 0.2) is 24.3 Å². The van der Waals surface area contributed by atoms with Crippen molar-refractivity contribution in [2.24, 2.45) is 0 Å². The molecule has 0 saturated carbocycles. The number of methoxy groups -OCH3 is 1. The second kappa shape index (κ2) is 4.83. The molecule has 100 valence electrons. The monoisotopic (exact) mass is 280 g/mol. The fraction of sp³-hybridized carbons (Fsp3) is 0.571. The predicted molar refractivity (Wildman–Crippen MR) is 81.2 cm³/mol. The van der Waals surface area contributed by atoms with Gasteiger partial charge in [-0.05, 0) is 37.2 Å². The molecule has 0 radical (unpaired) electrons. The maximum Gasteiger partial charge on any atom is 0.174 e. The first kappa shape index (κ1) is 13.8. The zero-order valence-electron chi connectivity index (χ0n) is 12.1. The van der Waals surface area contributed by atoms with Crippen molar-refractivity contribution in [3.05, 3.63) is 29.8 Å². The van der Waals surface area contributed by atoms with Gasteiger partial charge in [-0.3, -0.25) is 0 Å². The summed E-state index contributed by atoms with van der Waals surface area (Å²) < 4.78 is 11.7. The van der Waals surface area contributed by atoms with Gasteiger partial charge in [-0.25, -0.2) is 0 Å². The van der Waals surface area contributed by atoms with Crippen molar-refractivity contribution in [1.82, 2.24) is 0 Å². The molecule has 1 fully saturated rings. The molecule has 1 aliphatic rings. The Kier molecular flexibility index (Phi) is 3.71. The molecule has 1 heterocycles. The third-order valence-electron chi connectivity index (χ3n) is 4.59. The van der Waals surface area contributed by atoms with Crippen molar-refractivity contribution >= 4 is 15.4 Å². The van der Waals surface area contributed by atoms with Gasteiger partial charge in [0.25, 0.3) is 0 Å².